The normalized spacial score (nSPS) is 12.7. The van der Waals surface area contributed by atoms with Gasteiger partial charge in [-0.05, 0) is 44.9 Å². The van der Waals surface area contributed by atoms with Gasteiger partial charge in [0.05, 0.1) is 10.7 Å². The first-order valence-corrected chi connectivity index (χ1v) is 7.21. The summed E-state index contributed by atoms with van der Waals surface area (Å²) in [5.41, 5.74) is 2.89. The highest BCUT2D eigenvalue weighted by Crippen LogP contribution is 2.24. The van der Waals surface area contributed by atoms with Crippen LogP contribution in [0.2, 0.25) is 0 Å². The van der Waals surface area contributed by atoms with Crippen LogP contribution in [0, 0.1) is 26.6 Å². The third-order valence-electron chi connectivity index (χ3n) is 3.17. The SMILES string of the molecule is Cc1nc(C)c(C(C)NCc2ccc(F)c(C)c2)s1. The zero-order valence-corrected chi connectivity index (χ0v) is 12.6. The van der Waals surface area contributed by atoms with Crippen molar-refractivity contribution in [3.8, 4) is 0 Å². The standard InChI is InChI=1S/C15H19FN2S/c1-9-7-13(5-6-14(9)16)8-17-10(2)15-11(3)18-12(4)19-15/h5-7,10,17H,8H2,1-4H3. The Bertz CT molecular complexity index is 578. The van der Waals surface area contributed by atoms with Crippen molar-refractivity contribution < 1.29 is 4.39 Å². The first-order valence-electron chi connectivity index (χ1n) is 6.39. The molecule has 1 heterocycles. The summed E-state index contributed by atoms with van der Waals surface area (Å²) >= 11 is 1.73. The molecule has 1 atom stereocenters. The Hall–Kier alpha value is -1.26. The van der Waals surface area contributed by atoms with E-state index < -0.39 is 0 Å². The van der Waals surface area contributed by atoms with Crippen molar-refractivity contribution in [3.05, 3.63) is 50.7 Å². The number of hydrogen-bond acceptors (Lipinski definition) is 3. The fourth-order valence-electron chi connectivity index (χ4n) is 2.13. The molecule has 0 bridgehead atoms. The minimum absolute atomic E-state index is 0.147. The van der Waals surface area contributed by atoms with Crippen LogP contribution >= 0.6 is 11.3 Å². The van der Waals surface area contributed by atoms with Crippen molar-refractivity contribution in [2.75, 3.05) is 0 Å². The summed E-state index contributed by atoms with van der Waals surface area (Å²) in [6, 6.07) is 5.50. The fraction of sp³-hybridized carbons (Fsp3) is 0.400. The van der Waals surface area contributed by atoms with Gasteiger partial charge in [0.1, 0.15) is 5.82 Å². The van der Waals surface area contributed by atoms with E-state index in [0.29, 0.717) is 5.56 Å². The first kappa shape index (κ1) is 14.2. The fourth-order valence-corrected chi connectivity index (χ4v) is 3.08. The number of thiazole rings is 1. The maximum atomic E-state index is 13.2. The average molecular weight is 278 g/mol. The van der Waals surface area contributed by atoms with Gasteiger partial charge in [-0.25, -0.2) is 9.37 Å². The molecule has 0 aliphatic rings. The molecule has 0 saturated carbocycles. The minimum atomic E-state index is -0.147. The lowest BCUT2D eigenvalue weighted by Crippen LogP contribution is -2.18. The summed E-state index contributed by atoms with van der Waals surface area (Å²) in [4.78, 5) is 5.72. The lowest BCUT2D eigenvalue weighted by molar-refractivity contribution is 0.576. The maximum Gasteiger partial charge on any atom is 0.126 e. The van der Waals surface area contributed by atoms with Gasteiger partial charge >= 0.3 is 0 Å². The summed E-state index contributed by atoms with van der Waals surface area (Å²) in [6.45, 7) is 8.73. The van der Waals surface area contributed by atoms with Crippen LogP contribution in [0.3, 0.4) is 0 Å². The first-order chi connectivity index (χ1) is 8.97. The molecule has 1 N–H and O–H groups in total. The second kappa shape index (κ2) is 5.80. The Morgan fingerprint density at radius 2 is 2.05 bits per heavy atom. The lowest BCUT2D eigenvalue weighted by atomic mass is 10.1. The molecule has 0 spiro atoms. The van der Waals surface area contributed by atoms with Gasteiger partial charge in [0.2, 0.25) is 0 Å². The third kappa shape index (κ3) is 3.39. The molecule has 1 aromatic heterocycles. The zero-order valence-electron chi connectivity index (χ0n) is 11.7. The molecular weight excluding hydrogens is 259 g/mol. The van der Waals surface area contributed by atoms with Crippen molar-refractivity contribution in [3.63, 3.8) is 0 Å². The monoisotopic (exact) mass is 278 g/mol. The van der Waals surface area contributed by atoms with Gasteiger partial charge < -0.3 is 5.32 Å². The van der Waals surface area contributed by atoms with Crippen molar-refractivity contribution in [2.24, 2.45) is 0 Å². The Kier molecular flexibility index (Phi) is 4.32. The van der Waals surface area contributed by atoms with E-state index in [2.05, 4.69) is 17.2 Å². The highest BCUT2D eigenvalue weighted by molar-refractivity contribution is 7.11. The van der Waals surface area contributed by atoms with Gasteiger partial charge in [-0.3, -0.25) is 0 Å². The van der Waals surface area contributed by atoms with Crippen LogP contribution in [0.4, 0.5) is 4.39 Å². The third-order valence-corrected chi connectivity index (χ3v) is 4.42. The second-order valence-electron chi connectivity index (χ2n) is 4.87. The maximum absolute atomic E-state index is 13.2. The molecule has 0 aliphatic heterocycles. The Morgan fingerprint density at radius 1 is 1.32 bits per heavy atom. The van der Waals surface area contributed by atoms with Gasteiger partial charge in [-0.15, -0.1) is 11.3 Å². The number of nitrogens with one attached hydrogen (secondary N) is 1. The minimum Gasteiger partial charge on any atom is -0.305 e. The van der Waals surface area contributed by atoms with Gasteiger partial charge in [0.25, 0.3) is 0 Å². The van der Waals surface area contributed by atoms with Crippen molar-refractivity contribution in [2.45, 2.75) is 40.3 Å². The molecule has 0 fully saturated rings. The van der Waals surface area contributed by atoms with E-state index in [1.54, 1.807) is 18.3 Å². The summed E-state index contributed by atoms with van der Waals surface area (Å²) in [5.74, 6) is -0.147. The van der Waals surface area contributed by atoms with Crippen LogP contribution in [-0.2, 0) is 6.54 Å². The van der Waals surface area contributed by atoms with E-state index in [-0.39, 0.29) is 11.9 Å². The molecule has 0 radical (unpaired) electrons. The van der Waals surface area contributed by atoms with E-state index in [9.17, 15) is 4.39 Å². The molecular formula is C15H19FN2S. The summed E-state index contributed by atoms with van der Waals surface area (Å²) in [6.07, 6.45) is 0. The molecule has 2 rings (SSSR count). The summed E-state index contributed by atoms with van der Waals surface area (Å²) in [5, 5.41) is 4.56. The van der Waals surface area contributed by atoms with E-state index in [1.165, 1.54) is 10.9 Å². The van der Waals surface area contributed by atoms with Crippen molar-refractivity contribution in [1.29, 1.82) is 0 Å². The molecule has 0 saturated heterocycles. The van der Waals surface area contributed by atoms with Crippen LogP contribution in [0.15, 0.2) is 18.2 Å². The topological polar surface area (TPSA) is 24.9 Å². The number of nitrogens with zero attached hydrogens (tertiary/aromatic N) is 1. The molecule has 2 aromatic rings. The van der Waals surface area contributed by atoms with E-state index in [4.69, 9.17) is 0 Å². The predicted molar refractivity (Wildman–Crippen MR) is 78.0 cm³/mol. The van der Waals surface area contributed by atoms with E-state index in [1.807, 2.05) is 26.0 Å². The van der Waals surface area contributed by atoms with Crippen LogP contribution < -0.4 is 5.32 Å². The zero-order chi connectivity index (χ0) is 14.0. The molecule has 102 valence electrons. The number of hydrogen-bond donors (Lipinski definition) is 1. The van der Waals surface area contributed by atoms with Crippen molar-refractivity contribution in [1.82, 2.24) is 10.3 Å². The van der Waals surface area contributed by atoms with E-state index >= 15 is 0 Å². The number of aromatic nitrogens is 1. The Morgan fingerprint density at radius 3 is 2.63 bits per heavy atom. The van der Waals surface area contributed by atoms with Gasteiger partial charge in [0, 0.05) is 17.5 Å². The molecule has 19 heavy (non-hydrogen) atoms. The highest BCUT2D eigenvalue weighted by Gasteiger charge is 2.12. The second-order valence-corrected chi connectivity index (χ2v) is 6.10. The molecule has 2 nitrogen and oxygen atoms in total. The molecule has 1 aromatic carbocycles. The van der Waals surface area contributed by atoms with Gasteiger partial charge in [-0.2, -0.15) is 0 Å². The number of benzene rings is 1. The van der Waals surface area contributed by atoms with Gasteiger partial charge in [-0.1, -0.05) is 12.1 Å². The molecule has 1 unspecified atom stereocenters. The van der Waals surface area contributed by atoms with Crippen LogP contribution in [0.5, 0.6) is 0 Å². The van der Waals surface area contributed by atoms with Crippen molar-refractivity contribution >= 4 is 11.3 Å². The summed E-state index contributed by atoms with van der Waals surface area (Å²) < 4.78 is 13.2. The number of halogens is 1. The van der Waals surface area contributed by atoms with E-state index in [0.717, 1.165) is 22.8 Å². The lowest BCUT2D eigenvalue weighted by Gasteiger charge is -2.13. The number of rotatable bonds is 4. The average Bonchev–Trinajstić information content (AvgIpc) is 2.70. The number of aryl methyl sites for hydroxylation is 3. The smallest absolute Gasteiger partial charge is 0.126 e. The van der Waals surface area contributed by atoms with Crippen LogP contribution in [0.25, 0.3) is 0 Å². The van der Waals surface area contributed by atoms with Gasteiger partial charge in [0.15, 0.2) is 0 Å². The molecule has 0 amide bonds. The highest BCUT2D eigenvalue weighted by atomic mass is 32.1. The summed E-state index contributed by atoms with van der Waals surface area (Å²) in [7, 11) is 0. The van der Waals surface area contributed by atoms with Crippen LogP contribution in [-0.4, -0.2) is 4.98 Å². The molecule has 4 heteroatoms. The molecule has 0 aliphatic carbocycles. The quantitative estimate of drug-likeness (QED) is 0.912. The van der Waals surface area contributed by atoms with Crippen LogP contribution in [0.1, 0.15) is 39.7 Å². The predicted octanol–water partition coefficient (Wildman–Crippen LogP) is 4.06. The Balaban J connectivity index is 2.02. The Labute approximate surface area is 117 Å². The largest absolute Gasteiger partial charge is 0.305 e.